The first-order chi connectivity index (χ1) is 7.30. The molecule has 0 spiro atoms. The number of hydrogen-bond donors (Lipinski definition) is 2. The van der Waals surface area contributed by atoms with Crippen LogP contribution in [0.3, 0.4) is 0 Å². The maximum Gasteiger partial charge on any atom is 0.238 e. The Morgan fingerprint density at radius 2 is 2.06 bits per heavy atom. The van der Waals surface area contributed by atoms with Crippen LogP contribution in [0, 0.1) is 11.7 Å². The van der Waals surface area contributed by atoms with E-state index in [1.165, 1.54) is 12.1 Å². The minimum atomic E-state index is -3.84. The second-order valence-electron chi connectivity index (χ2n) is 3.96. The fraction of sp³-hybridized carbons (Fsp3) is 0.400. The van der Waals surface area contributed by atoms with Crippen LogP contribution in [0.2, 0.25) is 0 Å². The van der Waals surface area contributed by atoms with Gasteiger partial charge in [0.1, 0.15) is 5.82 Å². The zero-order valence-corrected chi connectivity index (χ0v) is 10.0. The Balaban J connectivity index is 2.92. The molecule has 1 aromatic rings. The van der Waals surface area contributed by atoms with Crippen LogP contribution in [-0.2, 0) is 10.0 Å². The number of primary sulfonamides is 1. The van der Waals surface area contributed by atoms with E-state index in [0.29, 0.717) is 12.5 Å². The average molecular weight is 246 g/mol. The zero-order chi connectivity index (χ0) is 12.3. The largest absolute Gasteiger partial charge is 0.382 e. The highest BCUT2D eigenvalue weighted by molar-refractivity contribution is 7.89. The Morgan fingerprint density at radius 3 is 2.50 bits per heavy atom. The van der Waals surface area contributed by atoms with Gasteiger partial charge in [0.05, 0.1) is 10.6 Å². The predicted octanol–water partition coefficient (Wildman–Crippen LogP) is 1.54. The first-order valence-electron chi connectivity index (χ1n) is 4.87. The molecule has 4 nitrogen and oxygen atoms in total. The molecule has 0 aliphatic rings. The molecule has 1 aromatic carbocycles. The third kappa shape index (κ3) is 3.46. The summed E-state index contributed by atoms with van der Waals surface area (Å²) in [5.74, 6) is -0.246. The van der Waals surface area contributed by atoms with Crippen molar-refractivity contribution in [2.75, 3.05) is 11.9 Å². The van der Waals surface area contributed by atoms with Gasteiger partial charge in [-0.3, -0.25) is 0 Å². The zero-order valence-electron chi connectivity index (χ0n) is 9.20. The Morgan fingerprint density at radius 1 is 1.44 bits per heavy atom. The van der Waals surface area contributed by atoms with Crippen LogP contribution in [0.1, 0.15) is 13.8 Å². The molecule has 0 amide bonds. The van der Waals surface area contributed by atoms with E-state index in [2.05, 4.69) is 5.32 Å². The third-order valence-electron chi connectivity index (χ3n) is 1.97. The molecule has 1 rings (SSSR count). The highest BCUT2D eigenvalue weighted by Gasteiger charge is 2.11. The second-order valence-corrected chi connectivity index (χ2v) is 5.52. The van der Waals surface area contributed by atoms with Gasteiger partial charge in [-0.05, 0) is 24.1 Å². The first kappa shape index (κ1) is 12.9. The van der Waals surface area contributed by atoms with Crippen molar-refractivity contribution in [1.29, 1.82) is 0 Å². The molecule has 0 saturated heterocycles. The van der Waals surface area contributed by atoms with Crippen molar-refractivity contribution in [3.8, 4) is 0 Å². The summed E-state index contributed by atoms with van der Waals surface area (Å²) >= 11 is 0. The van der Waals surface area contributed by atoms with Gasteiger partial charge in [0.15, 0.2) is 0 Å². The fourth-order valence-corrected chi connectivity index (χ4v) is 1.66. The summed E-state index contributed by atoms with van der Waals surface area (Å²) in [6.45, 7) is 4.60. The Labute approximate surface area is 94.7 Å². The molecule has 0 unspecified atom stereocenters. The van der Waals surface area contributed by atoms with Crippen LogP contribution in [0.5, 0.6) is 0 Å². The van der Waals surface area contributed by atoms with Crippen molar-refractivity contribution in [2.45, 2.75) is 18.7 Å². The van der Waals surface area contributed by atoms with E-state index in [-0.39, 0.29) is 10.6 Å². The van der Waals surface area contributed by atoms with Gasteiger partial charge in [-0.15, -0.1) is 0 Å². The Hall–Kier alpha value is -1.14. The van der Waals surface area contributed by atoms with Gasteiger partial charge in [-0.1, -0.05) is 13.8 Å². The molecule has 0 fully saturated rings. The van der Waals surface area contributed by atoms with Crippen molar-refractivity contribution in [2.24, 2.45) is 11.1 Å². The van der Waals surface area contributed by atoms with E-state index in [4.69, 9.17) is 5.14 Å². The summed E-state index contributed by atoms with van der Waals surface area (Å²) in [6, 6.07) is 3.57. The lowest BCUT2D eigenvalue weighted by atomic mass is 10.2. The number of anilines is 1. The number of halogens is 1. The maximum absolute atomic E-state index is 13.4. The standard InChI is InChI=1S/C10H15FN2O2S/c1-7(2)6-13-10-4-3-8(5-9(10)11)16(12,14)15/h3-5,7,13H,6H2,1-2H3,(H2,12,14,15). The average Bonchev–Trinajstić information content (AvgIpc) is 2.14. The summed E-state index contributed by atoms with van der Waals surface area (Å²) in [5.41, 5.74) is 0.279. The van der Waals surface area contributed by atoms with Crippen molar-refractivity contribution in [3.63, 3.8) is 0 Å². The molecule has 0 atom stereocenters. The van der Waals surface area contributed by atoms with Gasteiger partial charge < -0.3 is 5.32 Å². The van der Waals surface area contributed by atoms with Gasteiger partial charge in [0.25, 0.3) is 0 Å². The minimum absolute atomic E-state index is 0.222. The highest BCUT2D eigenvalue weighted by atomic mass is 32.2. The van der Waals surface area contributed by atoms with Crippen LogP contribution in [0.15, 0.2) is 23.1 Å². The molecular formula is C10H15FN2O2S. The summed E-state index contributed by atoms with van der Waals surface area (Å²) in [4.78, 5) is -0.222. The van der Waals surface area contributed by atoms with Crippen LogP contribution >= 0.6 is 0 Å². The van der Waals surface area contributed by atoms with Crippen LogP contribution in [-0.4, -0.2) is 15.0 Å². The molecule has 0 aliphatic heterocycles. The molecular weight excluding hydrogens is 231 g/mol. The van der Waals surface area contributed by atoms with Crippen molar-refractivity contribution in [3.05, 3.63) is 24.0 Å². The smallest absolute Gasteiger partial charge is 0.238 e. The highest BCUT2D eigenvalue weighted by Crippen LogP contribution is 2.18. The SMILES string of the molecule is CC(C)CNc1ccc(S(N)(=O)=O)cc1F. The number of rotatable bonds is 4. The lowest BCUT2D eigenvalue weighted by Crippen LogP contribution is -2.13. The summed E-state index contributed by atoms with van der Waals surface area (Å²) in [7, 11) is -3.84. The van der Waals surface area contributed by atoms with Crippen molar-refractivity contribution >= 4 is 15.7 Å². The Kier molecular flexibility index (Phi) is 3.88. The van der Waals surface area contributed by atoms with Crippen LogP contribution < -0.4 is 10.5 Å². The topological polar surface area (TPSA) is 72.2 Å². The normalized spacial score (nSPS) is 11.8. The van der Waals surface area contributed by atoms with Gasteiger partial charge in [0.2, 0.25) is 10.0 Å². The van der Waals surface area contributed by atoms with E-state index in [1.54, 1.807) is 0 Å². The summed E-state index contributed by atoms with van der Waals surface area (Å²) in [6.07, 6.45) is 0. The van der Waals surface area contributed by atoms with Crippen molar-refractivity contribution in [1.82, 2.24) is 0 Å². The first-order valence-corrected chi connectivity index (χ1v) is 6.41. The Bertz CT molecular complexity index is 472. The number of sulfonamides is 1. The molecule has 0 aromatic heterocycles. The lowest BCUT2D eigenvalue weighted by Gasteiger charge is -2.10. The molecule has 16 heavy (non-hydrogen) atoms. The van der Waals surface area contributed by atoms with E-state index in [1.807, 2.05) is 13.8 Å². The van der Waals surface area contributed by atoms with E-state index in [9.17, 15) is 12.8 Å². The van der Waals surface area contributed by atoms with E-state index in [0.717, 1.165) is 6.07 Å². The van der Waals surface area contributed by atoms with Gasteiger partial charge in [-0.2, -0.15) is 0 Å². The molecule has 90 valence electrons. The number of nitrogens with two attached hydrogens (primary N) is 1. The second kappa shape index (κ2) is 4.80. The fourth-order valence-electron chi connectivity index (χ4n) is 1.13. The van der Waals surface area contributed by atoms with Gasteiger partial charge >= 0.3 is 0 Å². The van der Waals surface area contributed by atoms with Crippen LogP contribution in [0.4, 0.5) is 10.1 Å². The quantitative estimate of drug-likeness (QED) is 0.846. The predicted molar refractivity (Wildman–Crippen MR) is 61.1 cm³/mol. The number of nitrogens with one attached hydrogen (secondary N) is 1. The third-order valence-corrected chi connectivity index (χ3v) is 2.88. The van der Waals surface area contributed by atoms with Crippen molar-refractivity contribution < 1.29 is 12.8 Å². The molecule has 0 bridgehead atoms. The molecule has 0 heterocycles. The van der Waals surface area contributed by atoms with E-state index >= 15 is 0 Å². The maximum atomic E-state index is 13.4. The summed E-state index contributed by atoms with van der Waals surface area (Å²) in [5, 5.41) is 7.76. The van der Waals surface area contributed by atoms with Gasteiger partial charge in [-0.25, -0.2) is 17.9 Å². The number of benzene rings is 1. The molecule has 0 saturated carbocycles. The lowest BCUT2D eigenvalue weighted by molar-refractivity contribution is 0.592. The summed E-state index contributed by atoms with van der Waals surface area (Å²) < 4.78 is 35.4. The van der Waals surface area contributed by atoms with E-state index < -0.39 is 15.8 Å². The molecule has 0 aliphatic carbocycles. The molecule has 6 heteroatoms. The minimum Gasteiger partial charge on any atom is -0.382 e. The molecule has 0 radical (unpaired) electrons. The monoisotopic (exact) mass is 246 g/mol. The van der Waals surface area contributed by atoms with Gasteiger partial charge in [0, 0.05) is 6.54 Å². The van der Waals surface area contributed by atoms with Crippen LogP contribution in [0.25, 0.3) is 0 Å². The molecule has 3 N–H and O–H groups in total. The number of hydrogen-bond acceptors (Lipinski definition) is 3.